The summed E-state index contributed by atoms with van der Waals surface area (Å²) in [5.41, 5.74) is 1.00. The Labute approximate surface area is 179 Å². The first-order chi connectivity index (χ1) is 14.0. The fourth-order valence-corrected chi connectivity index (χ4v) is 4.17. The standard InChI is InChI=1S/C22H22ClNO4S/c1-4-5-12-24-21(25)19(14-6-11-17(27-2)18(13-14)28-3)20(22(24)26)29-16-9-7-15(23)8-10-16/h6-11,13H,4-5,12H2,1-3H3. The number of benzene rings is 2. The highest BCUT2D eigenvalue weighted by molar-refractivity contribution is 8.04. The molecule has 0 aliphatic carbocycles. The molecule has 0 N–H and O–H groups in total. The summed E-state index contributed by atoms with van der Waals surface area (Å²) in [6, 6.07) is 12.4. The first-order valence-electron chi connectivity index (χ1n) is 9.26. The van der Waals surface area contributed by atoms with Crippen LogP contribution in [0.4, 0.5) is 0 Å². The summed E-state index contributed by atoms with van der Waals surface area (Å²) >= 11 is 7.24. The van der Waals surface area contributed by atoms with Crippen LogP contribution in [0.5, 0.6) is 11.5 Å². The van der Waals surface area contributed by atoms with Gasteiger partial charge >= 0.3 is 0 Å². The van der Waals surface area contributed by atoms with Gasteiger partial charge in [-0.2, -0.15) is 0 Å². The van der Waals surface area contributed by atoms with Crippen molar-refractivity contribution in [2.45, 2.75) is 24.7 Å². The van der Waals surface area contributed by atoms with Crippen LogP contribution in [0.3, 0.4) is 0 Å². The molecule has 1 aliphatic heterocycles. The molecule has 0 saturated heterocycles. The molecule has 0 bridgehead atoms. The summed E-state index contributed by atoms with van der Waals surface area (Å²) in [5, 5.41) is 0.613. The molecular weight excluding hydrogens is 410 g/mol. The largest absolute Gasteiger partial charge is 0.493 e. The quantitative estimate of drug-likeness (QED) is 0.548. The second kappa shape index (κ2) is 9.37. The molecule has 0 aromatic heterocycles. The Morgan fingerprint density at radius 2 is 1.66 bits per heavy atom. The molecule has 2 amide bonds. The lowest BCUT2D eigenvalue weighted by atomic mass is 10.1. The fourth-order valence-electron chi connectivity index (χ4n) is 3.03. The van der Waals surface area contributed by atoms with Crippen molar-refractivity contribution in [3.63, 3.8) is 0 Å². The number of ether oxygens (including phenoxy) is 2. The monoisotopic (exact) mass is 431 g/mol. The summed E-state index contributed by atoms with van der Waals surface area (Å²) in [7, 11) is 3.09. The highest BCUT2D eigenvalue weighted by Gasteiger charge is 2.39. The fraction of sp³-hybridized carbons (Fsp3) is 0.273. The number of carbonyl (C=O) groups excluding carboxylic acids is 2. The van der Waals surface area contributed by atoms with Crippen molar-refractivity contribution in [3.05, 3.63) is 58.0 Å². The average Bonchev–Trinajstić information content (AvgIpc) is 2.96. The molecule has 152 valence electrons. The van der Waals surface area contributed by atoms with Crippen molar-refractivity contribution in [2.75, 3.05) is 20.8 Å². The van der Waals surface area contributed by atoms with Crippen molar-refractivity contribution in [1.82, 2.24) is 4.90 Å². The minimum atomic E-state index is -0.285. The van der Waals surface area contributed by atoms with Gasteiger partial charge in [-0.3, -0.25) is 14.5 Å². The second-order valence-corrected chi connectivity index (χ2v) is 7.97. The third-order valence-corrected chi connectivity index (χ3v) is 5.91. The van der Waals surface area contributed by atoms with Crippen LogP contribution < -0.4 is 9.47 Å². The van der Waals surface area contributed by atoms with Crippen molar-refractivity contribution in [1.29, 1.82) is 0 Å². The molecule has 1 aliphatic rings. The maximum atomic E-state index is 13.2. The van der Waals surface area contributed by atoms with E-state index in [1.807, 2.05) is 19.1 Å². The summed E-state index contributed by atoms with van der Waals surface area (Å²) in [4.78, 5) is 28.8. The molecule has 0 spiro atoms. The second-order valence-electron chi connectivity index (χ2n) is 6.45. The van der Waals surface area contributed by atoms with Crippen molar-refractivity contribution in [2.24, 2.45) is 0 Å². The number of thioether (sulfide) groups is 1. The lowest BCUT2D eigenvalue weighted by Gasteiger charge is -2.14. The Balaban J connectivity index is 2.07. The van der Waals surface area contributed by atoms with E-state index in [9.17, 15) is 9.59 Å². The van der Waals surface area contributed by atoms with Crippen LogP contribution in [0, 0.1) is 0 Å². The van der Waals surface area contributed by atoms with Crippen LogP contribution in [0.1, 0.15) is 25.3 Å². The Kier molecular flexibility index (Phi) is 6.87. The number of carbonyl (C=O) groups is 2. The molecule has 3 rings (SSSR count). The molecule has 0 unspecified atom stereocenters. The first kappa shape index (κ1) is 21.3. The molecule has 2 aromatic carbocycles. The summed E-state index contributed by atoms with van der Waals surface area (Å²) in [6.45, 7) is 2.42. The molecule has 0 fully saturated rings. The molecule has 0 radical (unpaired) electrons. The van der Waals surface area contributed by atoms with Crippen LogP contribution in [0.2, 0.25) is 5.02 Å². The third kappa shape index (κ3) is 4.43. The summed E-state index contributed by atoms with van der Waals surface area (Å²) < 4.78 is 10.7. The van der Waals surface area contributed by atoms with Gasteiger partial charge in [0, 0.05) is 16.5 Å². The van der Waals surface area contributed by atoms with Gasteiger partial charge in [0.25, 0.3) is 11.8 Å². The van der Waals surface area contributed by atoms with Crippen molar-refractivity contribution < 1.29 is 19.1 Å². The predicted molar refractivity (Wildman–Crippen MR) is 115 cm³/mol. The summed E-state index contributed by atoms with van der Waals surface area (Å²) in [6.07, 6.45) is 1.65. The van der Waals surface area contributed by atoms with E-state index < -0.39 is 0 Å². The molecule has 29 heavy (non-hydrogen) atoms. The van der Waals surface area contributed by atoms with Gasteiger partial charge in [-0.05, 0) is 48.4 Å². The van der Waals surface area contributed by atoms with E-state index in [1.54, 1.807) is 37.4 Å². The molecule has 0 atom stereocenters. The lowest BCUT2D eigenvalue weighted by Crippen LogP contribution is -2.32. The zero-order valence-corrected chi connectivity index (χ0v) is 18.1. The molecule has 5 nitrogen and oxygen atoms in total. The van der Waals surface area contributed by atoms with Gasteiger partial charge in [-0.15, -0.1) is 0 Å². The number of amides is 2. The normalized spacial score (nSPS) is 14.0. The van der Waals surface area contributed by atoms with E-state index in [1.165, 1.54) is 23.8 Å². The van der Waals surface area contributed by atoms with Crippen LogP contribution in [-0.4, -0.2) is 37.5 Å². The molecule has 0 saturated carbocycles. The number of unbranched alkanes of at least 4 members (excludes halogenated alkanes) is 1. The van der Waals surface area contributed by atoms with E-state index in [2.05, 4.69) is 0 Å². The smallest absolute Gasteiger partial charge is 0.268 e. The molecule has 2 aromatic rings. The Hall–Kier alpha value is -2.44. The van der Waals surface area contributed by atoms with E-state index in [0.717, 1.165) is 17.7 Å². The number of nitrogens with zero attached hydrogens (tertiary/aromatic N) is 1. The van der Waals surface area contributed by atoms with Crippen molar-refractivity contribution >= 4 is 40.8 Å². The first-order valence-corrected chi connectivity index (χ1v) is 10.5. The third-order valence-electron chi connectivity index (χ3n) is 4.57. The minimum Gasteiger partial charge on any atom is -0.493 e. The van der Waals surface area contributed by atoms with E-state index in [-0.39, 0.29) is 11.8 Å². The van der Waals surface area contributed by atoms with Gasteiger partial charge in [0.05, 0.1) is 24.7 Å². The SMILES string of the molecule is CCCCN1C(=O)C(Sc2ccc(Cl)cc2)=C(c2ccc(OC)c(OC)c2)C1=O. The van der Waals surface area contributed by atoms with Crippen LogP contribution in [0.15, 0.2) is 52.3 Å². The molecular formula is C22H22ClNO4S. The van der Waals surface area contributed by atoms with Gasteiger partial charge < -0.3 is 9.47 Å². The number of methoxy groups -OCH3 is 2. The number of hydrogen-bond donors (Lipinski definition) is 0. The number of rotatable bonds is 8. The lowest BCUT2D eigenvalue weighted by molar-refractivity contribution is -0.136. The topological polar surface area (TPSA) is 55.8 Å². The maximum Gasteiger partial charge on any atom is 0.268 e. The van der Waals surface area contributed by atoms with Gasteiger partial charge in [-0.25, -0.2) is 0 Å². The number of hydrogen-bond acceptors (Lipinski definition) is 5. The average molecular weight is 432 g/mol. The Morgan fingerprint density at radius 1 is 0.966 bits per heavy atom. The highest BCUT2D eigenvalue weighted by Crippen LogP contribution is 2.41. The van der Waals surface area contributed by atoms with Crippen LogP contribution in [0.25, 0.3) is 5.57 Å². The maximum absolute atomic E-state index is 13.2. The van der Waals surface area contributed by atoms with Gasteiger partial charge in [0.1, 0.15) is 0 Å². The minimum absolute atomic E-state index is 0.270. The Bertz CT molecular complexity index is 956. The summed E-state index contributed by atoms with van der Waals surface area (Å²) in [5.74, 6) is 0.504. The number of halogens is 1. The molecule has 7 heteroatoms. The van der Waals surface area contributed by atoms with Gasteiger partial charge in [0.2, 0.25) is 0 Å². The highest BCUT2D eigenvalue weighted by atomic mass is 35.5. The zero-order chi connectivity index (χ0) is 21.0. The number of imide groups is 1. The molecule has 1 heterocycles. The van der Waals surface area contributed by atoms with E-state index >= 15 is 0 Å². The van der Waals surface area contributed by atoms with Gasteiger partial charge in [-0.1, -0.05) is 42.8 Å². The van der Waals surface area contributed by atoms with Crippen LogP contribution in [-0.2, 0) is 9.59 Å². The predicted octanol–water partition coefficient (Wildman–Crippen LogP) is 5.03. The van der Waals surface area contributed by atoms with E-state index in [0.29, 0.717) is 39.1 Å². The Morgan fingerprint density at radius 3 is 2.28 bits per heavy atom. The zero-order valence-electron chi connectivity index (χ0n) is 16.5. The van der Waals surface area contributed by atoms with Crippen LogP contribution >= 0.6 is 23.4 Å². The van der Waals surface area contributed by atoms with Crippen molar-refractivity contribution in [3.8, 4) is 11.5 Å². The van der Waals surface area contributed by atoms with E-state index in [4.69, 9.17) is 21.1 Å². The van der Waals surface area contributed by atoms with Gasteiger partial charge in [0.15, 0.2) is 11.5 Å².